The number of hydrogen-bond acceptors (Lipinski definition) is 2. The molecule has 2 aromatic rings. The maximum absolute atomic E-state index is 11.0. The van der Waals surface area contributed by atoms with E-state index in [0.717, 1.165) is 15.7 Å². The van der Waals surface area contributed by atoms with Gasteiger partial charge in [-0.3, -0.25) is 4.79 Å². The molecule has 3 nitrogen and oxygen atoms in total. The van der Waals surface area contributed by atoms with Gasteiger partial charge >= 0.3 is 0 Å². The van der Waals surface area contributed by atoms with Crippen LogP contribution in [0.4, 0.5) is 5.69 Å². The Balaban J connectivity index is 2.09. The van der Waals surface area contributed by atoms with E-state index < -0.39 is 5.91 Å². The van der Waals surface area contributed by atoms with Crippen LogP contribution in [0.15, 0.2) is 40.9 Å². The monoisotopic (exact) mass is 372 g/mol. The highest BCUT2D eigenvalue weighted by molar-refractivity contribution is 9.10. The molecule has 0 aliphatic heterocycles. The molecule has 6 heteroatoms. The summed E-state index contributed by atoms with van der Waals surface area (Å²) in [5, 5.41) is 4.13. The number of nitrogens with one attached hydrogen (secondary N) is 1. The number of primary amides is 1. The van der Waals surface area contributed by atoms with E-state index in [1.807, 2.05) is 24.3 Å². The lowest BCUT2D eigenvalue weighted by Gasteiger charge is -2.10. The summed E-state index contributed by atoms with van der Waals surface area (Å²) in [5.74, 6) is -0.438. The van der Waals surface area contributed by atoms with Crippen molar-refractivity contribution in [1.29, 1.82) is 0 Å². The summed E-state index contributed by atoms with van der Waals surface area (Å²) in [6.07, 6.45) is 0. The molecular formula is C14H11BrCl2N2O. The highest BCUT2D eigenvalue weighted by Crippen LogP contribution is 2.35. The van der Waals surface area contributed by atoms with E-state index >= 15 is 0 Å². The fourth-order valence-corrected chi connectivity index (χ4v) is 2.49. The van der Waals surface area contributed by atoms with E-state index in [9.17, 15) is 4.79 Å². The number of hydrogen-bond donors (Lipinski definition) is 2. The Labute approximate surface area is 135 Å². The van der Waals surface area contributed by atoms with E-state index in [4.69, 9.17) is 28.9 Å². The van der Waals surface area contributed by atoms with E-state index in [-0.39, 0.29) is 0 Å². The van der Waals surface area contributed by atoms with Gasteiger partial charge in [0.2, 0.25) is 5.91 Å². The Hall–Kier alpha value is -1.23. The lowest BCUT2D eigenvalue weighted by atomic mass is 10.1. The van der Waals surface area contributed by atoms with Gasteiger partial charge in [-0.25, -0.2) is 0 Å². The van der Waals surface area contributed by atoms with Crippen molar-refractivity contribution in [2.24, 2.45) is 5.73 Å². The predicted octanol–water partition coefficient (Wildman–Crippen LogP) is 4.47. The maximum atomic E-state index is 11.0. The summed E-state index contributed by atoms with van der Waals surface area (Å²) < 4.78 is 0.750. The summed E-state index contributed by atoms with van der Waals surface area (Å²) in [4.78, 5) is 11.0. The summed E-state index contributed by atoms with van der Waals surface area (Å²) in [7, 11) is 0. The Bertz CT molecular complexity index is 644. The van der Waals surface area contributed by atoms with Crippen molar-refractivity contribution in [2.45, 2.75) is 6.54 Å². The van der Waals surface area contributed by atoms with Crippen molar-refractivity contribution >= 4 is 50.7 Å². The van der Waals surface area contributed by atoms with E-state index in [1.54, 1.807) is 12.1 Å². The smallest absolute Gasteiger partial charge is 0.248 e. The summed E-state index contributed by atoms with van der Waals surface area (Å²) >= 11 is 15.5. The van der Waals surface area contributed by atoms with Crippen molar-refractivity contribution in [3.63, 3.8) is 0 Å². The molecule has 1 amide bonds. The molecule has 0 saturated carbocycles. The normalized spacial score (nSPS) is 10.3. The molecule has 2 aromatic carbocycles. The fourth-order valence-electron chi connectivity index (χ4n) is 1.65. The Morgan fingerprint density at radius 3 is 2.35 bits per heavy atom. The Morgan fingerprint density at radius 2 is 1.75 bits per heavy atom. The summed E-state index contributed by atoms with van der Waals surface area (Å²) in [6, 6.07) is 10.7. The van der Waals surface area contributed by atoms with Crippen LogP contribution in [0, 0.1) is 0 Å². The number of benzene rings is 2. The average molecular weight is 374 g/mol. The van der Waals surface area contributed by atoms with Crippen molar-refractivity contribution in [2.75, 3.05) is 5.32 Å². The molecule has 0 spiro atoms. The molecule has 0 fully saturated rings. The molecule has 20 heavy (non-hydrogen) atoms. The first-order chi connectivity index (χ1) is 9.49. The minimum Gasteiger partial charge on any atom is -0.380 e. The van der Waals surface area contributed by atoms with Gasteiger partial charge in [-0.15, -0.1) is 0 Å². The third-order valence-electron chi connectivity index (χ3n) is 2.76. The van der Waals surface area contributed by atoms with E-state index in [0.29, 0.717) is 22.2 Å². The van der Waals surface area contributed by atoms with E-state index in [1.165, 1.54) is 0 Å². The van der Waals surface area contributed by atoms with Crippen LogP contribution in [0.1, 0.15) is 15.9 Å². The molecule has 0 heterocycles. The van der Waals surface area contributed by atoms with Gasteiger partial charge in [-0.1, -0.05) is 35.3 Å². The highest BCUT2D eigenvalue weighted by atomic mass is 79.9. The second-order valence-electron chi connectivity index (χ2n) is 4.14. The predicted molar refractivity (Wildman–Crippen MR) is 86.4 cm³/mol. The van der Waals surface area contributed by atoms with E-state index in [2.05, 4.69) is 21.2 Å². The molecule has 3 N–H and O–H groups in total. The number of carbonyl (C=O) groups is 1. The van der Waals surface area contributed by atoms with Crippen molar-refractivity contribution in [3.8, 4) is 0 Å². The largest absolute Gasteiger partial charge is 0.380 e. The number of nitrogens with two attached hydrogens (primary N) is 1. The molecule has 104 valence electrons. The van der Waals surface area contributed by atoms with Gasteiger partial charge in [-0.2, -0.15) is 0 Å². The summed E-state index contributed by atoms with van der Waals surface area (Å²) in [6.45, 7) is 0.566. The number of anilines is 1. The topological polar surface area (TPSA) is 55.1 Å². The first-order valence-electron chi connectivity index (χ1n) is 5.75. The fraction of sp³-hybridized carbons (Fsp3) is 0.0714. The van der Waals surface area contributed by atoms with Crippen LogP contribution in [-0.2, 0) is 6.54 Å². The van der Waals surface area contributed by atoms with Gasteiger partial charge in [0.05, 0.1) is 15.7 Å². The first kappa shape index (κ1) is 15.2. The zero-order valence-corrected chi connectivity index (χ0v) is 13.4. The minimum absolute atomic E-state index is 0.438. The van der Waals surface area contributed by atoms with Gasteiger partial charge in [0.1, 0.15) is 0 Å². The molecule has 0 saturated heterocycles. The molecule has 0 aliphatic carbocycles. The Kier molecular flexibility index (Phi) is 4.91. The summed E-state index contributed by atoms with van der Waals surface area (Å²) in [5.41, 5.74) is 7.43. The molecule has 0 unspecified atom stereocenters. The molecule has 0 radical (unpaired) electrons. The van der Waals surface area contributed by atoms with Crippen LogP contribution in [0.25, 0.3) is 0 Å². The molecule has 0 atom stereocenters. The number of halogens is 3. The third-order valence-corrected chi connectivity index (χ3v) is 4.53. The van der Waals surface area contributed by atoms with Crippen LogP contribution >= 0.6 is 39.1 Å². The van der Waals surface area contributed by atoms with Gasteiger partial charge < -0.3 is 11.1 Å². The number of carbonyl (C=O) groups excluding carboxylic acids is 1. The number of amides is 1. The van der Waals surface area contributed by atoms with Crippen molar-refractivity contribution < 1.29 is 4.79 Å². The molecular weight excluding hydrogens is 363 g/mol. The highest BCUT2D eigenvalue weighted by Gasteiger charge is 2.08. The van der Waals surface area contributed by atoms with Gasteiger partial charge in [0.25, 0.3) is 0 Å². The Morgan fingerprint density at radius 1 is 1.10 bits per heavy atom. The van der Waals surface area contributed by atoms with Crippen LogP contribution in [0.2, 0.25) is 10.0 Å². The number of rotatable bonds is 4. The third kappa shape index (κ3) is 3.45. The van der Waals surface area contributed by atoms with Gasteiger partial charge in [-0.05, 0) is 45.8 Å². The zero-order chi connectivity index (χ0) is 14.7. The maximum Gasteiger partial charge on any atom is 0.248 e. The second-order valence-corrected chi connectivity index (χ2v) is 5.75. The second kappa shape index (κ2) is 6.48. The van der Waals surface area contributed by atoms with Crippen LogP contribution in [0.5, 0.6) is 0 Å². The SMILES string of the molecule is NC(=O)c1ccc(CNc2ccc(Br)c(Cl)c2Cl)cc1. The molecule has 2 rings (SSSR count). The lowest BCUT2D eigenvalue weighted by Crippen LogP contribution is -2.10. The van der Waals surface area contributed by atoms with Crippen molar-refractivity contribution in [3.05, 3.63) is 62.0 Å². The standard InChI is InChI=1S/C14H11BrCl2N2O/c15-10-5-6-11(13(17)12(10)16)19-7-8-1-3-9(4-2-8)14(18)20/h1-6,19H,7H2,(H2,18,20). The lowest BCUT2D eigenvalue weighted by molar-refractivity contribution is 0.100. The van der Waals surface area contributed by atoms with Gasteiger partial charge in [0, 0.05) is 16.6 Å². The molecule has 0 aromatic heterocycles. The van der Waals surface area contributed by atoms with Crippen LogP contribution in [0.3, 0.4) is 0 Å². The quantitative estimate of drug-likeness (QED) is 0.777. The zero-order valence-electron chi connectivity index (χ0n) is 10.3. The minimum atomic E-state index is -0.438. The average Bonchev–Trinajstić information content (AvgIpc) is 2.44. The first-order valence-corrected chi connectivity index (χ1v) is 7.30. The van der Waals surface area contributed by atoms with Crippen LogP contribution in [-0.4, -0.2) is 5.91 Å². The van der Waals surface area contributed by atoms with Gasteiger partial charge in [0.15, 0.2) is 0 Å². The van der Waals surface area contributed by atoms with Crippen molar-refractivity contribution in [1.82, 2.24) is 0 Å². The van der Waals surface area contributed by atoms with Crippen LogP contribution < -0.4 is 11.1 Å². The molecule has 0 aliphatic rings. The molecule has 0 bridgehead atoms.